The molecule has 0 aliphatic heterocycles. The molecule has 2 aromatic rings. The minimum atomic E-state index is 0.993. The van der Waals surface area contributed by atoms with Crippen molar-refractivity contribution in [2.45, 2.75) is 6.42 Å². The third-order valence-electron chi connectivity index (χ3n) is 1.95. The molecule has 0 atom stereocenters. The molecule has 74 valence electrons. The Morgan fingerprint density at radius 2 is 2.36 bits per heavy atom. The summed E-state index contributed by atoms with van der Waals surface area (Å²) in [5.41, 5.74) is 2.43. The van der Waals surface area contributed by atoms with E-state index in [1.165, 1.54) is 11.3 Å². The number of hydrogen-bond acceptors (Lipinski definition) is 4. The fourth-order valence-corrected chi connectivity index (χ4v) is 2.76. The maximum Gasteiger partial charge on any atom is 0.124 e. The lowest BCUT2D eigenvalue weighted by Crippen LogP contribution is -2.10. The maximum absolute atomic E-state index is 4.58. The monoisotopic (exact) mass is 224 g/mol. The number of aromatic nitrogens is 1. The van der Waals surface area contributed by atoms with Crippen LogP contribution in [0.15, 0.2) is 22.2 Å². The summed E-state index contributed by atoms with van der Waals surface area (Å²) in [6.07, 6.45) is 1.01. The highest BCUT2D eigenvalue weighted by atomic mass is 32.1. The molecule has 0 aliphatic rings. The van der Waals surface area contributed by atoms with Crippen molar-refractivity contribution in [1.29, 1.82) is 0 Å². The molecule has 14 heavy (non-hydrogen) atoms. The Labute approximate surface area is 91.6 Å². The smallest absolute Gasteiger partial charge is 0.124 e. The largest absolute Gasteiger partial charge is 0.319 e. The predicted molar refractivity (Wildman–Crippen MR) is 63.1 cm³/mol. The predicted octanol–water partition coefficient (Wildman–Crippen LogP) is 2.63. The second-order valence-electron chi connectivity index (χ2n) is 3.01. The number of likely N-dealkylation sites (N-methyl/N-ethyl adjacent to an activating group) is 1. The van der Waals surface area contributed by atoms with E-state index in [9.17, 15) is 0 Å². The zero-order valence-corrected chi connectivity index (χ0v) is 9.62. The Bertz CT molecular complexity index is 378. The Balaban J connectivity index is 2.10. The second-order valence-corrected chi connectivity index (χ2v) is 4.65. The van der Waals surface area contributed by atoms with Crippen LogP contribution in [0.3, 0.4) is 0 Å². The van der Waals surface area contributed by atoms with Crippen molar-refractivity contribution in [3.8, 4) is 10.6 Å². The zero-order chi connectivity index (χ0) is 9.80. The summed E-state index contributed by atoms with van der Waals surface area (Å²) in [7, 11) is 1.96. The highest BCUT2D eigenvalue weighted by molar-refractivity contribution is 7.14. The Morgan fingerprint density at radius 3 is 3.07 bits per heavy atom. The number of hydrogen-bond donors (Lipinski definition) is 1. The van der Waals surface area contributed by atoms with Crippen LogP contribution in [-0.2, 0) is 6.42 Å². The van der Waals surface area contributed by atoms with Crippen LogP contribution in [0.1, 0.15) is 5.69 Å². The molecule has 0 unspecified atom stereocenters. The second kappa shape index (κ2) is 4.68. The van der Waals surface area contributed by atoms with Gasteiger partial charge in [0.05, 0.1) is 5.69 Å². The molecule has 0 aromatic carbocycles. The van der Waals surface area contributed by atoms with Crippen molar-refractivity contribution in [2.75, 3.05) is 13.6 Å². The first-order chi connectivity index (χ1) is 6.90. The molecule has 0 spiro atoms. The first-order valence-electron chi connectivity index (χ1n) is 4.51. The van der Waals surface area contributed by atoms with Crippen molar-refractivity contribution >= 4 is 22.7 Å². The molecule has 4 heteroatoms. The lowest BCUT2D eigenvalue weighted by atomic mass is 10.3. The highest BCUT2D eigenvalue weighted by Gasteiger charge is 2.03. The van der Waals surface area contributed by atoms with Gasteiger partial charge < -0.3 is 5.32 Å². The van der Waals surface area contributed by atoms with Gasteiger partial charge in [0, 0.05) is 29.3 Å². The van der Waals surface area contributed by atoms with Gasteiger partial charge in [-0.1, -0.05) is 0 Å². The van der Waals surface area contributed by atoms with Crippen molar-refractivity contribution < 1.29 is 0 Å². The molecule has 2 heterocycles. The first-order valence-corrected chi connectivity index (χ1v) is 6.34. The summed E-state index contributed by atoms with van der Waals surface area (Å²) in [6.45, 7) is 0.993. The summed E-state index contributed by atoms with van der Waals surface area (Å²) in [4.78, 5) is 4.58. The summed E-state index contributed by atoms with van der Waals surface area (Å²) in [5, 5.41) is 10.6. The van der Waals surface area contributed by atoms with E-state index >= 15 is 0 Å². The SMILES string of the molecule is CNCCc1csc(-c2ccsc2)n1. The molecule has 0 saturated carbocycles. The van der Waals surface area contributed by atoms with E-state index in [1.807, 2.05) is 7.05 Å². The van der Waals surface area contributed by atoms with Crippen LogP contribution >= 0.6 is 22.7 Å². The summed E-state index contributed by atoms with van der Waals surface area (Å²) < 4.78 is 0. The normalized spacial score (nSPS) is 10.6. The average molecular weight is 224 g/mol. The van der Waals surface area contributed by atoms with Crippen molar-refractivity contribution in [2.24, 2.45) is 0 Å². The van der Waals surface area contributed by atoms with Gasteiger partial charge in [-0.2, -0.15) is 11.3 Å². The number of thiazole rings is 1. The van der Waals surface area contributed by atoms with E-state index in [2.05, 4.69) is 32.5 Å². The van der Waals surface area contributed by atoms with Gasteiger partial charge in [0.2, 0.25) is 0 Å². The Morgan fingerprint density at radius 1 is 1.43 bits per heavy atom. The van der Waals surface area contributed by atoms with E-state index in [1.54, 1.807) is 22.7 Å². The van der Waals surface area contributed by atoms with Crippen LogP contribution < -0.4 is 5.32 Å². The van der Waals surface area contributed by atoms with Crippen LogP contribution in [0.5, 0.6) is 0 Å². The van der Waals surface area contributed by atoms with Gasteiger partial charge in [-0.25, -0.2) is 4.98 Å². The maximum atomic E-state index is 4.58. The summed E-state index contributed by atoms with van der Waals surface area (Å²) >= 11 is 3.44. The lowest BCUT2D eigenvalue weighted by Gasteiger charge is -1.93. The van der Waals surface area contributed by atoms with Crippen LogP contribution in [0.2, 0.25) is 0 Å². The molecule has 2 rings (SSSR count). The molecule has 0 radical (unpaired) electrons. The van der Waals surface area contributed by atoms with Crippen LogP contribution in [-0.4, -0.2) is 18.6 Å². The number of thiophene rings is 1. The molecule has 0 fully saturated rings. The van der Waals surface area contributed by atoms with Crippen LogP contribution in [0.25, 0.3) is 10.6 Å². The molecule has 2 aromatic heterocycles. The number of nitrogens with zero attached hydrogens (tertiary/aromatic N) is 1. The topological polar surface area (TPSA) is 24.9 Å². The molecule has 1 N–H and O–H groups in total. The van der Waals surface area contributed by atoms with E-state index < -0.39 is 0 Å². The number of nitrogens with one attached hydrogen (secondary N) is 1. The third-order valence-corrected chi connectivity index (χ3v) is 3.57. The fraction of sp³-hybridized carbons (Fsp3) is 0.300. The van der Waals surface area contributed by atoms with Gasteiger partial charge in [-0.05, 0) is 18.5 Å². The standard InChI is InChI=1S/C10H12N2S2/c1-11-4-2-9-7-14-10(12-9)8-3-5-13-6-8/h3,5-7,11H,2,4H2,1H3. The van der Waals surface area contributed by atoms with E-state index in [0.29, 0.717) is 0 Å². The third kappa shape index (κ3) is 2.20. The average Bonchev–Trinajstić information content (AvgIpc) is 2.85. The molecular weight excluding hydrogens is 212 g/mol. The van der Waals surface area contributed by atoms with E-state index in [0.717, 1.165) is 18.0 Å². The number of rotatable bonds is 4. The van der Waals surface area contributed by atoms with Crippen molar-refractivity contribution in [1.82, 2.24) is 10.3 Å². The lowest BCUT2D eigenvalue weighted by molar-refractivity contribution is 0.780. The van der Waals surface area contributed by atoms with Gasteiger partial charge in [-0.3, -0.25) is 0 Å². The van der Waals surface area contributed by atoms with Crippen molar-refractivity contribution in [3.05, 3.63) is 27.9 Å². The van der Waals surface area contributed by atoms with Gasteiger partial charge in [0.15, 0.2) is 0 Å². The van der Waals surface area contributed by atoms with Crippen LogP contribution in [0, 0.1) is 0 Å². The molecule has 2 nitrogen and oxygen atoms in total. The van der Waals surface area contributed by atoms with Gasteiger partial charge >= 0.3 is 0 Å². The molecular formula is C10H12N2S2. The first kappa shape index (κ1) is 9.83. The van der Waals surface area contributed by atoms with E-state index in [-0.39, 0.29) is 0 Å². The summed E-state index contributed by atoms with van der Waals surface area (Å²) in [6, 6.07) is 2.12. The van der Waals surface area contributed by atoms with Gasteiger partial charge in [-0.15, -0.1) is 11.3 Å². The van der Waals surface area contributed by atoms with E-state index in [4.69, 9.17) is 0 Å². The van der Waals surface area contributed by atoms with Gasteiger partial charge in [0.1, 0.15) is 5.01 Å². The van der Waals surface area contributed by atoms with Crippen molar-refractivity contribution in [3.63, 3.8) is 0 Å². The molecule has 0 saturated heterocycles. The zero-order valence-electron chi connectivity index (χ0n) is 7.99. The summed E-state index contributed by atoms with van der Waals surface area (Å²) in [5.74, 6) is 0. The minimum absolute atomic E-state index is 0.993. The Kier molecular flexibility index (Phi) is 3.29. The highest BCUT2D eigenvalue weighted by Crippen LogP contribution is 2.25. The quantitative estimate of drug-likeness (QED) is 0.863. The Hall–Kier alpha value is -0.710. The van der Waals surface area contributed by atoms with Gasteiger partial charge in [0.25, 0.3) is 0 Å². The minimum Gasteiger partial charge on any atom is -0.319 e. The fourth-order valence-electron chi connectivity index (χ4n) is 1.19. The molecule has 0 bridgehead atoms. The molecule has 0 amide bonds. The van der Waals surface area contributed by atoms with Crippen LogP contribution in [0.4, 0.5) is 0 Å². The molecule has 0 aliphatic carbocycles.